The minimum atomic E-state index is -0.0924. The minimum Gasteiger partial charge on any atom is -0.289 e. The molecule has 0 atom stereocenters. The number of rotatable bonds is 0. The molecule has 0 spiro atoms. The molecule has 30 heavy (non-hydrogen) atoms. The van der Waals surface area contributed by atoms with Crippen LogP contribution in [-0.2, 0) is 12.8 Å². The van der Waals surface area contributed by atoms with Crippen molar-refractivity contribution in [1.82, 2.24) is 0 Å². The van der Waals surface area contributed by atoms with Crippen molar-refractivity contribution in [3.8, 4) is 0 Å². The molecule has 0 saturated heterocycles. The molecule has 4 aromatic rings. The fraction of sp³-hybridized carbons (Fsp3) is 0.143. The Balaban J connectivity index is 0.000000140. The highest BCUT2D eigenvalue weighted by molar-refractivity contribution is 6.21. The van der Waals surface area contributed by atoms with E-state index in [0.717, 1.165) is 0 Å². The van der Waals surface area contributed by atoms with Crippen LogP contribution in [0.1, 0.15) is 44.7 Å². The van der Waals surface area contributed by atoms with Crippen LogP contribution in [-0.4, -0.2) is 11.6 Å². The number of carbonyl (C=O) groups is 2. The number of ketones is 2. The number of hydrogen-bond donors (Lipinski definition) is 0. The molecule has 2 heteroatoms. The van der Waals surface area contributed by atoms with Crippen LogP contribution in [0.2, 0.25) is 0 Å². The summed E-state index contributed by atoms with van der Waals surface area (Å²) in [6, 6.07) is 24.8. The Kier molecular flexibility index (Phi) is 4.76. The minimum absolute atomic E-state index is 0.0924. The molecule has 0 amide bonds. The van der Waals surface area contributed by atoms with Gasteiger partial charge in [-0.25, -0.2) is 0 Å². The number of aryl methyl sites for hydroxylation is 2. The van der Waals surface area contributed by atoms with Crippen LogP contribution >= 0.6 is 0 Å². The van der Waals surface area contributed by atoms with E-state index in [1.807, 2.05) is 0 Å². The van der Waals surface area contributed by atoms with Crippen LogP contribution in [0.4, 0.5) is 0 Å². The van der Waals surface area contributed by atoms with Crippen molar-refractivity contribution in [2.45, 2.75) is 25.7 Å². The van der Waals surface area contributed by atoms with E-state index in [0.29, 0.717) is 11.1 Å². The first-order chi connectivity index (χ1) is 14.7. The molecule has 146 valence electrons. The molecule has 0 heterocycles. The second-order valence-corrected chi connectivity index (χ2v) is 7.90. The molecule has 0 N–H and O–H groups in total. The number of hydrogen-bond acceptors (Lipinski definition) is 2. The summed E-state index contributed by atoms with van der Waals surface area (Å²) in [5.41, 5.74) is 4.18. The number of carbonyl (C=O) groups excluding carboxylic acids is 2. The van der Waals surface area contributed by atoms with Crippen molar-refractivity contribution in [3.05, 3.63) is 107 Å². The van der Waals surface area contributed by atoms with Gasteiger partial charge in [0.1, 0.15) is 0 Å². The van der Waals surface area contributed by atoms with E-state index >= 15 is 0 Å². The van der Waals surface area contributed by atoms with Gasteiger partial charge >= 0.3 is 0 Å². The highest BCUT2D eigenvalue weighted by Gasteiger charge is 2.17. The molecule has 6 rings (SSSR count). The molecule has 0 saturated carbocycles. The van der Waals surface area contributed by atoms with Crippen LogP contribution in [0.15, 0.2) is 84.9 Å². The summed E-state index contributed by atoms with van der Waals surface area (Å²) in [6.45, 7) is 0. The average molecular weight is 390 g/mol. The Labute approximate surface area is 175 Å². The molecule has 0 unspecified atom stereocenters. The third-order valence-electron chi connectivity index (χ3n) is 6.10. The van der Waals surface area contributed by atoms with E-state index in [1.54, 1.807) is 35.4 Å². The standard InChI is InChI=1S/C18H16.C10H6O2/c1-3-7-15-13(5-1)9-11-18-16-8-4-2-6-14(16)10-12-17(15)18;11-9-5-6-10(12)8-4-2-1-3-7(8)9/h1,3,5,7,9-12H,2,4,6,8H2;1-6H. The van der Waals surface area contributed by atoms with Gasteiger partial charge in [-0.15, -0.1) is 0 Å². The second kappa shape index (κ2) is 7.72. The molecule has 2 aliphatic rings. The summed E-state index contributed by atoms with van der Waals surface area (Å²) < 4.78 is 0. The van der Waals surface area contributed by atoms with Gasteiger partial charge in [0.05, 0.1) is 0 Å². The van der Waals surface area contributed by atoms with E-state index in [1.165, 1.54) is 59.4 Å². The smallest absolute Gasteiger partial charge is 0.186 e. The molecule has 0 radical (unpaired) electrons. The summed E-state index contributed by atoms with van der Waals surface area (Å²) in [4.78, 5) is 22.4. The summed E-state index contributed by atoms with van der Waals surface area (Å²) in [5, 5.41) is 5.64. The van der Waals surface area contributed by atoms with E-state index in [9.17, 15) is 9.59 Å². The van der Waals surface area contributed by atoms with E-state index < -0.39 is 0 Å². The molecule has 2 nitrogen and oxygen atoms in total. The van der Waals surface area contributed by atoms with Gasteiger partial charge in [-0.05, 0) is 70.5 Å². The van der Waals surface area contributed by atoms with Gasteiger partial charge < -0.3 is 0 Å². The monoisotopic (exact) mass is 390 g/mol. The van der Waals surface area contributed by atoms with Crippen molar-refractivity contribution in [3.63, 3.8) is 0 Å². The van der Waals surface area contributed by atoms with E-state index in [2.05, 4.69) is 48.5 Å². The molecule has 0 aliphatic heterocycles. The molecule has 0 bridgehead atoms. The van der Waals surface area contributed by atoms with Gasteiger partial charge in [-0.1, -0.05) is 72.8 Å². The SMILES string of the molecule is O=C1C=CC(=O)c2ccccc21.c1ccc2c(c1)ccc1c3c(ccc12)CCCC3. The Bertz CT molecular complexity index is 1290. The predicted octanol–water partition coefficient (Wildman–Crippen LogP) is 6.49. The van der Waals surface area contributed by atoms with E-state index in [-0.39, 0.29) is 11.6 Å². The summed E-state index contributed by atoms with van der Waals surface area (Å²) in [7, 11) is 0. The zero-order valence-electron chi connectivity index (χ0n) is 16.7. The lowest BCUT2D eigenvalue weighted by Crippen LogP contribution is -2.10. The zero-order valence-corrected chi connectivity index (χ0v) is 16.7. The van der Waals surface area contributed by atoms with Gasteiger partial charge in [0, 0.05) is 11.1 Å². The van der Waals surface area contributed by atoms with Gasteiger partial charge in [-0.3, -0.25) is 9.59 Å². The Morgan fingerprint density at radius 3 is 1.93 bits per heavy atom. The molecule has 0 fully saturated rings. The second-order valence-electron chi connectivity index (χ2n) is 7.90. The van der Waals surface area contributed by atoms with Crippen molar-refractivity contribution >= 4 is 33.1 Å². The van der Waals surface area contributed by atoms with Gasteiger partial charge in [-0.2, -0.15) is 0 Å². The number of allylic oxidation sites excluding steroid dienone is 2. The van der Waals surface area contributed by atoms with Crippen LogP contribution in [0.5, 0.6) is 0 Å². The fourth-order valence-electron chi connectivity index (χ4n) is 4.59. The maximum Gasteiger partial charge on any atom is 0.186 e. The quantitative estimate of drug-likeness (QED) is 0.321. The van der Waals surface area contributed by atoms with Crippen LogP contribution in [0.25, 0.3) is 21.5 Å². The normalized spacial score (nSPS) is 14.8. The van der Waals surface area contributed by atoms with Crippen molar-refractivity contribution in [2.75, 3.05) is 0 Å². The Morgan fingerprint density at radius 2 is 1.17 bits per heavy atom. The van der Waals surface area contributed by atoms with Gasteiger partial charge in [0.2, 0.25) is 0 Å². The Hall–Kier alpha value is -3.52. The lowest BCUT2D eigenvalue weighted by atomic mass is 9.86. The zero-order chi connectivity index (χ0) is 20.5. The summed E-state index contributed by atoms with van der Waals surface area (Å²) >= 11 is 0. The molecular weight excluding hydrogens is 368 g/mol. The first kappa shape index (κ1) is 18.5. The highest BCUT2D eigenvalue weighted by atomic mass is 16.1. The van der Waals surface area contributed by atoms with Gasteiger partial charge in [0.25, 0.3) is 0 Å². The molecule has 2 aliphatic carbocycles. The predicted molar refractivity (Wildman–Crippen MR) is 122 cm³/mol. The molecular formula is C28H22O2. The van der Waals surface area contributed by atoms with Crippen molar-refractivity contribution in [1.29, 1.82) is 0 Å². The van der Waals surface area contributed by atoms with Crippen LogP contribution < -0.4 is 0 Å². The third-order valence-corrected chi connectivity index (χ3v) is 6.10. The van der Waals surface area contributed by atoms with Gasteiger partial charge in [0.15, 0.2) is 11.6 Å². The van der Waals surface area contributed by atoms with Crippen molar-refractivity contribution < 1.29 is 9.59 Å². The first-order valence-corrected chi connectivity index (χ1v) is 10.5. The van der Waals surface area contributed by atoms with Crippen molar-refractivity contribution in [2.24, 2.45) is 0 Å². The average Bonchev–Trinajstić information content (AvgIpc) is 2.82. The number of fused-ring (bicyclic) bond motifs is 6. The summed E-state index contributed by atoms with van der Waals surface area (Å²) in [6.07, 6.45) is 7.84. The first-order valence-electron chi connectivity index (χ1n) is 10.5. The number of benzene rings is 4. The summed E-state index contributed by atoms with van der Waals surface area (Å²) in [5.74, 6) is -0.185. The lowest BCUT2D eigenvalue weighted by molar-refractivity contribution is 0.0994. The topological polar surface area (TPSA) is 34.1 Å². The maximum atomic E-state index is 11.2. The Morgan fingerprint density at radius 1 is 0.533 bits per heavy atom. The lowest BCUT2D eigenvalue weighted by Gasteiger charge is -2.18. The van der Waals surface area contributed by atoms with Crippen LogP contribution in [0, 0.1) is 0 Å². The molecule has 0 aromatic heterocycles. The fourth-order valence-corrected chi connectivity index (χ4v) is 4.59. The largest absolute Gasteiger partial charge is 0.289 e. The third kappa shape index (κ3) is 3.25. The highest BCUT2D eigenvalue weighted by Crippen LogP contribution is 2.33. The molecule has 4 aromatic carbocycles. The van der Waals surface area contributed by atoms with E-state index in [4.69, 9.17) is 0 Å². The van der Waals surface area contributed by atoms with Crippen LogP contribution in [0.3, 0.4) is 0 Å². The maximum absolute atomic E-state index is 11.2.